The van der Waals surface area contributed by atoms with Crippen LogP contribution in [0.4, 0.5) is 0 Å². The van der Waals surface area contributed by atoms with Crippen molar-refractivity contribution in [2.75, 3.05) is 0 Å². The number of carbonyl (C=O) groups is 3. The summed E-state index contributed by atoms with van der Waals surface area (Å²) in [5.74, 6) is -0.212. The standard InChI is InChI=1S/C19H33NO3/c1-7-8-9-10-11-15-12-16(22)20(17(15)23)19(5,6)13-18(3,4)14(2)21/h15H,7-13H2,1-6H3. The molecule has 4 heteroatoms. The number of imide groups is 1. The lowest BCUT2D eigenvalue weighted by molar-refractivity contribution is -0.148. The molecule has 1 saturated heterocycles. The first-order chi connectivity index (χ1) is 10.5. The van der Waals surface area contributed by atoms with E-state index in [-0.39, 0.29) is 23.5 Å². The van der Waals surface area contributed by atoms with Gasteiger partial charge in [0, 0.05) is 23.3 Å². The van der Waals surface area contributed by atoms with Crippen LogP contribution in [0.3, 0.4) is 0 Å². The highest BCUT2D eigenvalue weighted by atomic mass is 16.2. The lowest BCUT2D eigenvalue weighted by atomic mass is 9.76. The third-order valence-corrected chi connectivity index (χ3v) is 5.08. The Hall–Kier alpha value is -1.19. The van der Waals surface area contributed by atoms with Gasteiger partial charge in [-0.2, -0.15) is 0 Å². The predicted octanol–water partition coefficient (Wildman–Crippen LogP) is 4.12. The first-order valence-corrected chi connectivity index (χ1v) is 8.91. The van der Waals surface area contributed by atoms with Crippen molar-refractivity contribution < 1.29 is 14.4 Å². The highest BCUT2D eigenvalue weighted by Gasteiger charge is 2.47. The maximum Gasteiger partial charge on any atom is 0.233 e. The summed E-state index contributed by atoms with van der Waals surface area (Å²) < 4.78 is 0. The molecule has 0 aromatic carbocycles. The molecular weight excluding hydrogens is 290 g/mol. The van der Waals surface area contributed by atoms with Gasteiger partial charge in [-0.1, -0.05) is 46.5 Å². The number of Topliss-reactive ketones (excluding diaryl/α,β-unsaturated/α-hetero) is 1. The molecule has 23 heavy (non-hydrogen) atoms. The highest BCUT2D eigenvalue weighted by Crippen LogP contribution is 2.37. The van der Waals surface area contributed by atoms with E-state index in [1.54, 1.807) is 6.92 Å². The highest BCUT2D eigenvalue weighted by molar-refractivity contribution is 6.04. The van der Waals surface area contributed by atoms with Crippen LogP contribution >= 0.6 is 0 Å². The number of hydrogen-bond donors (Lipinski definition) is 0. The number of unbranched alkanes of at least 4 members (excludes halogenated alkanes) is 3. The second kappa shape index (κ2) is 7.59. The third-order valence-electron chi connectivity index (χ3n) is 5.08. The largest absolute Gasteiger partial charge is 0.299 e. The monoisotopic (exact) mass is 323 g/mol. The van der Waals surface area contributed by atoms with E-state index in [2.05, 4.69) is 6.92 Å². The van der Waals surface area contributed by atoms with Crippen LogP contribution < -0.4 is 0 Å². The van der Waals surface area contributed by atoms with Gasteiger partial charge in [-0.05, 0) is 33.6 Å². The van der Waals surface area contributed by atoms with Gasteiger partial charge >= 0.3 is 0 Å². The first kappa shape index (κ1) is 19.9. The van der Waals surface area contributed by atoms with Crippen molar-refractivity contribution in [3.8, 4) is 0 Å². The number of carbonyl (C=O) groups excluding carboxylic acids is 3. The second-order valence-electron chi connectivity index (χ2n) is 8.25. The average Bonchev–Trinajstić information content (AvgIpc) is 2.68. The molecule has 0 bridgehead atoms. The molecule has 0 N–H and O–H groups in total. The van der Waals surface area contributed by atoms with Crippen LogP contribution in [-0.4, -0.2) is 28.0 Å². The zero-order valence-electron chi connectivity index (χ0n) is 15.7. The quantitative estimate of drug-likeness (QED) is 0.474. The molecule has 1 fully saturated rings. The van der Waals surface area contributed by atoms with Gasteiger partial charge in [0.1, 0.15) is 5.78 Å². The molecule has 1 rings (SSSR count). The number of amides is 2. The molecule has 1 unspecified atom stereocenters. The molecule has 2 amide bonds. The van der Waals surface area contributed by atoms with E-state index in [9.17, 15) is 14.4 Å². The first-order valence-electron chi connectivity index (χ1n) is 8.91. The van der Waals surface area contributed by atoms with Crippen molar-refractivity contribution in [2.24, 2.45) is 11.3 Å². The van der Waals surface area contributed by atoms with Gasteiger partial charge in [-0.3, -0.25) is 19.3 Å². The lowest BCUT2D eigenvalue weighted by Crippen LogP contribution is -2.51. The molecule has 0 aromatic rings. The molecule has 0 saturated carbocycles. The Morgan fingerprint density at radius 3 is 2.26 bits per heavy atom. The fourth-order valence-electron chi connectivity index (χ4n) is 3.66. The van der Waals surface area contributed by atoms with E-state index < -0.39 is 11.0 Å². The van der Waals surface area contributed by atoms with Crippen molar-refractivity contribution in [3.05, 3.63) is 0 Å². The van der Waals surface area contributed by atoms with Crippen molar-refractivity contribution in [1.29, 1.82) is 0 Å². The second-order valence-corrected chi connectivity index (χ2v) is 8.25. The molecule has 132 valence electrons. The molecule has 0 aromatic heterocycles. The molecule has 1 atom stereocenters. The molecule has 0 spiro atoms. The van der Waals surface area contributed by atoms with Crippen LogP contribution in [0.2, 0.25) is 0 Å². The molecular formula is C19H33NO3. The summed E-state index contributed by atoms with van der Waals surface area (Å²) in [7, 11) is 0. The Morgan fingerprint density at radius 2 is 1.74 bits per heavy atom. The Labute approximate surface area is 141 Å². The molecule has 1 aliphatic rings. The zero-order chi connectivity index (χ0) is 17.8. The van der Waals surface area contributed by atoms with Crippen LogP contribution in [0.1, 0.15) is 86.5 Å². The minimum atomic E-state index is -0.624. The summed E-state index contributed by atoms with van der Waals surface area (Å²) in [6, 6.07) is 0. The van der Waals surface area contributed by atoms with Crippen LogP contribution in [0, 0.1) is 11.3 Å². The van der Waals surface area contributed by atoms with E-state index in [1.807, 2.05) is 27.7 Å². The molecule has 4 nitrogen and oxygen atoms in total. The molecule has 0 aliphatic carbocycles. The smallest absolute Gasteiger partial charge is 0.233 e. The minimum Gasteiger partial charge on any atom is -0.299 e. The molecule has 1 aliphatic heterocycles. The van der Waals surface area contributed by atoms with E-state index in [0.717, 1.165) is 25.7 Å². The van der Waals surface area contributed by atoms with Crippen molar-refractivity contribution in [2.45, 2.75) is 92.0 Å². The minimum absolute atomic E-state index is 0.0455. The van der Waals surface area contributed by atoms with E-state index >= 15 is 0 Å². The zero-order valence-corrected chi connectivity index (χ0v) is 15.7. The summed E-state index contributed by atoms with van der Waals surface area (Å²) in [6.07, 6.45) is 6.09. The number of ketones is 1. The van der Waals surface area contributed by atoms with Gasteiger partial charge < -0.3 is 0 Å². The summed E-state index contributed by atoms with van der Waals surface area (Å²) in [6.45, 7) is 11.3. The number of nitrogens with zero attached hydrogens (tertiary/aromatic N) is 1. The summed E-state index contributed by atoms with van der Waals surface area (Å²) in [5.41, 5.74) is -1.16. The van der Waals surface area contributed by atoms with Gasteiger partial charge in [-0.15, -0.1) is 0 Å². The summed E-state index contributed by atoms with van der Waals surface area (Å²) >= 11 is 0. The molecule has 0 radical (unpaired) electrons. The topological polar surface area (TPSA) is 54.5 Å². The van der Waals surface area contributed by atoms with Gasteiger partial charge in [0.2, 0.25) is 11.8 Å². The van der Waals surface area contributed by atoms with Crippen LogP contribution in [0.15, 0.2) is 0 Å². The van der Waals surface area contributed by atoms with E-state index in [1.165, 1.54) is 11.3 Å². The van der Waals surface area contributed by atoms with Crippen molar-refractivity contribution in [3.63, 3.8) is 0 Å². The number of hydrogen-bond acceptors (Lipinski definition) is 3. The van der Waals surface area contributed by atoms with E-state index in [4.69, 9.17) is 0 Å². The Kier molecular flexibility index (Phi) is 6.55. The van der Waals surface area contributed by atoms with Crippen LogP contribution in [0.5, 0.6) is 0 Å². The SMILES string of the molecule is CCCCCCC1CC(=O)N(C(C)(C)CC(C)(C)C(C)=O)C1=O. The number of likely N-dealkylation sites (tertiary alicyclic amines) is 1. The Balaban J connectivity index is 2.77. The Morgan fingerprint density at radius 1 is 1.13 bits per heavy atom. The van der Waals surface area contributed by atoms with Crippen LogP contribution in [-0.2, 0) is 14.4 Å². The van der Waals surface area contributed by atoms with Gasteiger partial charge in [0.25, 0.3) is 0 Å². The maximum atomic E-state index is 12.7. The van der Waals surface area contributed by atoms with Crippen molar-refractivity contribution in [1.82, 2.24) is 4.90 Å². The number of rotatable bonds is 9. The average molecular weight is 323 g/mol. The van der Waals surface area contributed by atoms with E-state index in [0.29, 0.717) is 12.8 Å². The van der Waals surface area contributed by atoms with Crippen molar-refractivity contribution >= 4 is 17.6 Å². The fraction of sp³-hybridized carbons (Fsp3) is 0.842. The predicted molar refractivity (Wildman–Crippen MR) is 91.9 cm³/mol. The molecule has 1 heterocycles. The van der Waals surface area contributed by atoms with Gasteiger partial charge in [-0.25, -0.2) is 0 Å². The Bertz CT molecular complexity index is 465. The van der Waals surface area contributed by atoms with Crippen LogP contribution in [0.25, 0.3) is 0 Å². The summed E-state index contributed by atoms with van der Waals surface area (Å²) in [5, 5.41) is 0. The fourth-order valence-corrected chi connectivity index (χ4v) is 3.66. The maximum absolute atomic E-state index is 12.7. The summed E-state index contributed by atoms with van der Waals surface area (Å²) in [4.78, 5) is 38.3. The normalized spacial score (nSPS) is 19.6. The lowest BCUT2D eigenvalue weighted by Gasteiger charge is -2.39. The third kappa shape index (κ3) is 4.89. The van der Waals surface area contributed by atoms with Gasteiger partial charge in [0.05, 0.1) is 0 Å². The van der Waals surface area contributed by atoms with Gasteiger partial charge in [0.15, 0.2) is 0 Å².